The maximum atomic E-state index is 13.2. The number of hydrogen-bond acceptors (Lipinski definition) is 4. The summed E-state index contributed by atoms with van der Waals surface area (Å²) in [7, 11) is 0. The first-order valence-electron chi connectivity index (χ1n) is 11.0. The van der Waals surface area contributed by atoms with E-state index in [9.17, 15) is 19.5 Å². The second-order valence-corrected chi connectivity index (χ2v) is 8.18. The van der Waals surface area contributed by atoms with Gasteiger partial charge in [0.05, 0.1) is 12.5 Å². The fraction of sp³-hybridized carbons (Fsp3) is 0.308. The number of pyridine rings is 2. The summed E-state index contributed by atoms with van der Waals surface area (Å²) in [5.74, 6) is -1.43. The molecule has 3 rings (SSSR count). The van der Waals surface area contributed by atoms with Crippen molar-refractivity contribution in [1.29, 1.82) is 0 Å². The Kier molecular flexibility index (Phi) is 7.77. The van der Waals surface area contributed by atoms with Gasteiger partial charge in [-0.2, -0.15) is 0 Å². The number of aryl methyl sites for hydroxylation is 2. The van der Waals surface area contributed by atoms with Crippen LogP contribution in [0.1, 0.15) is 55.0 Å². The number of nitrogens with one attached hydrogen (secondary N) is 1. The lowest BCUT2D eigenvalue weighted by atomic mass is 9.94. The number of aliphatic carboxylic acids is 1. The molecule has 0 saturated heterocycles. The van der Waals surface area contributed by atoms with E-state index < -0.39 is 24.0 Å². The van der Waals surface area contributed by atoms with Gasteiger partial charge in [0, 0.05) is 30.2 Å². The molecular weight excluding hydrogens is 418 g/mol. The van der Waals surface area contributed by atoms with Crippen LogP contribution in [0.25, 0.3) is 11.1 Å². The Morgan fingerprint density at radius 2 is 1.82 bits per heavy atom. The van der Waals surface area contributed by atoms with Crippen LogP contribution in [0.3, 0.4) is 0 Å². The topological polar surface area (TPSA) is 101 Å². The van der Waals surface area contributed by atoms with Crippen LogP contribution in [0.2, 0.25) is 0 Å². The third-order valence-corrected chi connectivity index (χ3v) is 5.68. The fourth-order valence-corrected chi connectivity index (χ4v) is 4.12. The quantitative estimate of drug-likeness (QED) is 0.512. The zero-order valence-corrected chi connectivity index (χ0v) is 19.1. The van der Waals surface area contributed by atoms with Crippen molar-refractivity contribution in [3.05, 3.63) is 88.1 Å². The number of hydrogen-bond donors (Lipinski definition) is 2. The zero-order chi connectivity index (χ0) is 24.0. The monoisotopic (exact) mass is 447 g/mol. The van der Waals surface area contributed by atoms with E-state index in [-0.39, 0.29) is 12.0 Å². The minimum atomic E-state index is -1.04. The minimum absolute atomic E-state index is 0.278. The minimum Gasteiger partial charge on any atom is -0.481 e. The van der Waals surface area contributed by atoms with Gasteiger partial charge < -0.3 is 15.0 Å². The molecule has 1 aromatic carbocycles. The van der Waals surface area contributed by atoms with Gasteiger partial charge in [0.2, 0.25) is 5.91 Å². The molecule has 33 heavy (non-hydrogen) atoms. The number of rotatable bonds is 9. The first-order valence-corrected chi connectivity index (χ1v) is 11.0. The Hall–Kier alpha value is -3.74. The van der Waals surface area contributed by atoms with Crippen LogP contribution in [0.4, 0.5) is 0 Å². The van der Waals surface area contributed by atoms with Crippen molar-refractivity contribution in [3.63, 3.8) is 0 Å². The molecule has 0 spiro atoms. The number of carboxylic acids is 1. The summed E-state index contributed by atoms with van der Waals surface area (Å²) < 4.78 is 1.39. The number of carbonyl (C=O) groups is 2. The molecule has 2 atom stereocenters. The molecule has 2 N–H and O–H groups in total. The van der Waals surface area contributed by atoms with Gasteiger partial charge in [0.25, 0.3) is 5.56 Å². The van der Waals surface area contributed by atoms with Gasteiger partial charge >= 0.3 is 5.97 Å². The van der Waals surface area contributed by atoms with E-state index in [1.165, 1.54) is 10.6 Å². The van der Waals surface area contributed by atoms with E-state index in [4.69, 9.17) is 0 Å². The summed E-state index contributed by atoms with van der Waals surface area (Å²) in [6.07, 6.45) is 5.74. The average molecular weight is 448 g/mol. The maximum absolute atomic E-state index is 13.2. The molecular formula is C26H29N3O4. The van der Waals surface area contributed by atoms with Crippen LogP contribution in [-0.2, 0) is 9.59 Å². The Balaban J connectivity index is 1.96. The largest absolute Gasteiger partial charge is 0.481 e. The predicted molar refractivity (Wildman–Crippen MR) is 127 cm³/mol. The molecule has 0 bridgehead atoms. The van der Waals surface area contributed by atoms with Gasteiger partial charge in [-0.25, -0.2) is 0 Å². The van der Waals surface area contributed by atoms with E-state index in [2.05, 4.69) is 10.3 Å². The van der Waals surface area contributed by atoms with Gasteiger partial charge in [-0.3, -0.25) is 19.4 Å². The molecule has 2 aromatic heterocycles. The SMILES string of the molecule is CCCC(C(=O)NC(CC(=O)O)c1cncc(-c2c(C)cccc2C)c1)n1ccccc1=O. The molecule has 2 heterocycles. The summed E-state index contributed by atoms with van der Waals surface area (Å²) in [6, 6.07) is 11.1. The lowest BCUT2D eigenvalue weighted by molar-refractivity contribution is -0.138. The van der Waals surface area contributed by atoms with Crippen LogP contribution in [-0.4, -0.2) is 26.5 Å². The highest BCUT2D eigenvalue weighted by Gasteiger charge is 2.26. The van der Waals surface area contributed by atoms with Crippen molar-refractivity contribution in [2.75, 3.05) is 0 Å². The average Bonchev–Trinajstić information content (AvgIpc) is 2.77. The summed E-state index contributed by atoms with van der Waals surface area (Å²) in [4.78, 5) is 41.5. The Morgan fingerprint density at radius 1 is 1.09 bits per heavy atom. The first-order chi connectivity index (χ1) is 15.8. The van der Waals surface area contributed by atoms with Gasteiger partial charge in [0.15, 0.2) is 0 Å². The van der Waals surface area contributed by atoms with Crippen molar-refractivity contribution < 1.29 is 14.7 Å². The van der Waals surface area contributed by atoms with Crippen molar-refractivity contribution in [3.8, 4) is 11.1 Å². The third kappa shape index (κ3) is 5.74. The zero-order valence-electron chi connectivity index (χ0n) is 19.1. The van der Waals surface area contributed by atoms with E-state index in [1.807, 2.05) is 45.0 Å². The van der Waals surface area contributed by atoms with Crippen LogP contribution < -0.4 is 10.9 Å². The molecule has 0 aliphatic heterocycles. The van der Waals surface area contributed by atoms with Crippen molar-refractivity contribution in [1.82, 2.24) is 14.9 Å². The molecule has 0 aliphatic carbocycles. The molecule has 0 radical (unpaired) electrons. The van der Waals surface area contributed by atoms with E-state index in [1.54, 1.807) is 30.7 Å². The molecule has 1 amide bonds. The van der Waals surface area contributed by atoms with Crippen LogP contribution in [0.5, 0.6) is 0 Å². The number of amides is 1. The lowest BCUT2D eigenvalue weighted by Crippen LogP contribution is -2.39. The van der Waals surface area contributed by atoms with Crippen LogP contribution in [0.15, 0.2) is 65.8 Å². The van der Waals surface area contributed by atoms with Gasteiger partial charge in [-0.15, -0.1) is 0 Å². The molecule has 172 valence electrons. The smallest absolute Gasteiger partial charge is 0.305 e. The number of nitrogens with zero attached hydrogens (tertiary/aromatic N) is 2. The van der Waals surface area contributed by atoms with Gasteiger partial charge in [-0.1, -0.05) is 37.6 Å². The predicted octanol–water partition coefficient (Wildman–Crippen LogP) is 4.20. The highest BCUT2D eigenvalue weighted by Crippen LogP contribution is 2.29. The highest BCUT2D eigenvalue weighted by atomic mass is 16.4. The maximum Gasteiger partial charge on any atom is 0.305 e. The second kappa shape index (κ2) is 10.7. The number of carbonyl (C=O) groups excluding carboxylic acids is 1. The van der Waals surface area contributed by atoms with Crippen LogP contribution >= 0.6 is 0 Å². The van der Waals surface area contributed by atoms with Crippen LogP contribution in [0, 0.1) is 13.8 Å². The molecule has 0 saturated carbocycles. The third-order valence-electron chi connectivity index (χ3n) is 5.68. The Bertz CT molecular complexity index is 1180. The molecule has 7 heteroatoms. The molecule has 0 aliphatic rings. The van der Waals surface area contributed by atoms with Crippen molar-refractivity contribution >= 4 is 11.9 Å². The number of aromatic nitrogens is 2. The Morgan fingerprint density at radius 3 is 2.45 bits per heavy atom. The van der Waals surface area contributed by atoms with E-state index >= 15 is 0 Å². The highest BCUT2D eigenvalue weighted by molar-refractivity contribution is 5.81. The normalized spacial score (nSPS) is 12.7. The summed E-state index contributed by atoms with van der Waals surface area (Å²) in [5, 5.41) is 12.4. The standard InChI is InChI=1S/C26H29N3O4/c1-4-8-22(29-12-6-5-11-23(29)30)26(33)28-21(14-24(31)32)19-13-20(16-27-15-19)25-17(2)9-7-10-18(25)3/h5-7,9-13,15-16,21-22H,4,8,14H2,1-3H3,(H,28,33)(H,31,32). The molecule has 0 fully saturated rings. The summed E-state index contributed by atoms with van der Waals surface area (Å²) >= 11 is 0. The number of carboxylic acid groups (broad SMARTS) is 1. The summed E-state index contributed by atoms with van der Waals surface area (Å²) in [6.45, 7) is 5.96. The van der Waals surface area contributed by atoms with E-state index in [0.29, 0.717) is 18.4 Å². The van der Waals surface area contributed by atoms with E-state index in [0.717, 1.165) is 22.3 Å². The number of benzene rings is 1. The van der Waals surface area contributed by atoms with Gasteiger partial charge in [0.1, 0.15) is 6.04 Å². The first kappa shape index (κ1) is 23.9. The lowest BCUT2D eigenvalue weighted by Gasteiger charge is -2.23. The Labute approximate surface area is 193 Å². The van der Waals surface area contributed by atoms with Gasteiger partial charge in [-0.05, 0) is 54.7 Å². The summed E-state index contributed by atoms with van der Waals surface area (Å²) in [5.41, 5.74) is 4.38. The second-order valence-electron chi connectivity index (χ2n) is 8.18. The fourth-order valence-electron chi connectivity index (χ4n) is 4.12. The molecule has 2 unspecified atom stereocenters. The molecule has 7 nitrogen and oxygen atoms in total. The molecule has 3 aromatic rings. The van der Waals surface area contributed by atoms with Crippen molar-refractivity contribution in [2.45, 2.75) is 52.1 Å². The van der Waals surface area contributed by atoms with Crippen molar-refractivity contribution in [2.24, 2.45) is 0 Å².